The highest BCUT2D eigenvalue weighted by atomic mass is 127. The van der Waals surface area contributed by atoms with Crippen LogP contribution >= 0.6 is 91.9 Å². The molecule has 0 aromatic carbocycles. The van der Waals surface area contributed by atoms with Gasteiger partial charge in [-0.1, -0.05) is 45.2 Å². The molecule has 0 bridgehead atoms. The van der Waals surface area contributed by atoms with Crippen LogP contribution < -0.4 is 42.6 Å². The van der Waals surface area contributed by atoms with Gasteiger partial charge < -0.3 is 63.8 Å². The number of aliphatic hydroxyl groups is 3. The number of nitrogens with one attached hydrogen (secondary N) is 4. The largest absolute Gasteiger partial charge is 0.475 e. The summed E-state index contributed by atoms with van der Waals surface area (Å²) in [6, 6.07) is 3.95. The maximum absolute atomic E-state index is 12.4. The van der Waals surface area contributed by atoms with Gasteiger partial charge in [0.05, 0.1) is 74.2 Å². The second-order valence-corrected chi connectivity index (χ2v) is 25.0. The van der Waals surface area contributed by atoms with Gasteiger partial charge in [0.25, 0.3) is 11.1 Å². The number of hydrogen-bond donors (Lipinski definition) is 9. The molecule has 2 aliphatic heterocycles. The zero-order chi connectivity index (χ0) is 64.4. The molecule has 2 unspecified atom stereocenters. The first-order chi connectivity index (χ1) is 41.5. The van der Waals surface area contributed by atoms with Crippen LogP contribution in [0.3, 0.4) is 0 Å². The van der Waals surface area contributed by atoms with E-state index < -0.39 is 97.4 Å². The summed E-state index contributed by atoms with van der Waals surface area (Å²) in [6.45, 7) is 0.322. The minimum Gasteiger partial charge on any atom is -0.475 e. The van der Waals surface area contributed by atoms with E-state index in [1.807, 2.05) is 22.0 Å². The Bertz CT molecular complexity index is 3760. The minimum absolute atomic E-state index is 0.0292. The lowest BCUT2D eigenvalue weighted by atomic mass is 10.2. The Balaban J connectivity index is 0.000000329. The molecular formula is C46H55Cl3I2N16O18P2. The number of ether oxygens (including phenoxy) is 4. The highest BCUT2D eigenvalue weighted by Gasteiger charge is 2.38. The molecule has 0 saturated carbocycles. The van der Waals surface area contributed by atoms with Crippen molar-refractivity contribution in [2.45, 2.75) is 75.6 Å². The number of aliphatic hydroxyl groups excluding tert-OH is 3. The van der Waals surface area contributed by atoms with Crippen LogP contribution in [0.5, 0.6) is 11.8 Å². The van der Waals surface area contributed by atoms with Crippen LogP contribution in [-0.2, 0) is 45.8 Å². The number of aromatic amines is 2. The summed E-state index contributed by atoms with van der Waals surface area (Å²) in [5.41, 5.74) is -1.26. The van der Waals surface area contributed by atoms with E-state index in [0.29, 0.717) is 35.4 Å². The molecule has 2 amide bonds. The van der Waals surface area contributed by atoms with E-state index in [-0.39, 0.29) is 74.9 Å². The quantitative estimate of drug-likeness (QED) is 0.0154. The van der Waals surface area contributed by atoms with Gasteiger partial charge in [-0.3, -0.25) is 47.4 Å². The number of amides is 2. The van der Waals surface area contributed by atoms with Crippen molar-refractivity contribution >= 4 is 138 Å². The summed E-state index contributed by atoms with van der Waals surface area (Å²) in [4.78, 5) is 124. The number of aromatic nitrogens is 12. The van der Waals surface area contributed by atoms with Crippen molar-refractivity contribution in [1.29, 1.82) is 10.5 Å². The number of imidazole rings is 2. The molecule has 2 aliphatic rings. The molecule has 41 heteroatoms. The number of carbonyl (C=O) groups is 2. The van der Waals surface area contributed by atoms with Gasteiger partial charge in [0.2, 0.25) is 23.6 Å². The number of alkyl halides is 2. The Morgan fingerprint density at radius 1 is 0.724 bits per heavy atom. The summed E-state index contributed by atoms with van der Waals surface area (Å²) in [5.74, 6) is -0.513. The predicted octanol–water partition coefficient (Wildman–Crippen LogP) is 1.91. The van der Waals surface area contributed by atoms with Crippen LogP contribution in [0.4, 0.5) is 0 Å². The predicted molar refractivity (Wildman–Crippen MR) is 328 cm³/mol. The van der Waals surface area contributed by atoms with Gasteiger partial charge in [-0.05, 0) is 55.7 Å². The van der Waals surface area contributed by atoms with Crippen molar-refractivity contribution in [1.82, 2.24) is 68.8 Å². The summed E-state index contributed by atoms with van der Waals surface area (Å²) < 4.78 is 52.1. The first-order valence-corrected chi connectivity index (χ1v) is 35.1. The molecule has 6 aromatic rings. The van der Waals surface area contributed by atoms with Crippen molar-refractivity contribution in [2.75, 3.05) is 49.4 Å². The molecule has 9 N–H and O–H groups in total. The number of carbonyl (C=O) groups excluding carboxylic acids is 2. The van der Waals surface area contributed by atoms with Gasteiger partial charge >= 0.3 is 24.4 Å². The molecule has 8 rings (SSSR count). The van der Waals surface area contributed by atoms with E-state index in [1.165, 1.54) is 43.7 Å². The third-order valence-electron chi connectivity index (χ3n) is 11.4. The fourth-order valence-electron chi connectivity index (χ4n) is 7.62. The number of H-pyrrole nitrogens is 2. The molecule has 6 aromatic heterocycles. The van der Waals surface area contributed by atoms with E-state index in [1.54, 1.807) is 9.13 Å². The number of rotatable bonds is 22. The molecule has 472 valence electrons. The second kappa shape index (κ2) is 36.4. The van der Waals surface area contributed by atoms with Crippen LogP contribution in [0.2, 0.25) is 0 Å². The maximum Gasteiger partial charge on any atom is 0.469 e. The lowest BCUT2D eigenvalue weighted by Gasteiger charge is -2.16. The molecule has 0 aliphatic carbocycles. The fourth-order valence-corrected chi connectivity index (χ4v) is 7.96. The number of fused-ring (bicyclic) bond motifs is 2. The monoisotopic (exact) mass is 1540 g/mol. The summed E-state index contributed by atoms with van der Waals surface area (Å²) in [7, 11) is -4.80. The fraction of sp³-hybridized carbons (Fsp3) is 0.435. The Morgan fingerprint density at radius 2 is 1.13 bits per heavy atom. The number of halogens is 5. The highest BCUT2D eigenvalue weighted by Crippen LogP contribution is 2.61. The van der Waals surface area contributed by atoms with Crippen molar-refractivity contribution in [3.8, 4) is 23.9 Å². The van der Waals surface area contributed by atoms with Crippen molar-refractivity contribution in [3.05, 3.63) is 103 Å². The second-order valence-electron chi connectivity index (χ2n) is 17.1. The average Bonchev–Trinajstić information content (AvgIpc) is 2.78. The van der Waals surface area contributed by atoms with Crippen LogP contribution in [0.1, 0.15) is 49.3 Å². The first kappa shape index (κ1) is 73.4. The van der Waals surface area contributed by atoms with E-state index in [4.69, 9.17) is 39.3 Å². The lowest BCUT2D eigenvalue weighted by molar-refractivity contribution is -0.117. The maximum atomic E-state index is 12.4. The van der Waals surface area contributed by atoms with Crippen molar-refractivity contribution in [3.63, 3.8) is 0 Å². The molecule has 0 radical (unpaired) electrons. The smallest absolute Gasteiger partial charge is 0.469 e. The van der Waals surface area contributed by atoms with E-state index >= 15 is 0 Å². The molecule has 0 spiro atoms. The Morgan fingerprint density at radius 3 is 1.51 bits per heavy atom. The SMILES string of the molecule is CI.CI.N#CCCOc1ncnc2c1ncn2CCNC(=O)/C=C/c1cn([C@H]2CC(O)[C@@H](CO)O2)c(=O)[nH]c1=O.N#CCCOc1ncnc2c1ncn2CCNC(=O)/C=C/c1cn([C@H]2CC(O)[C@@H](COP(=O)(O)O)O2)c(=O)[nH]c1=O.O=P(Cl)(Cl)Cl. The topological polar surface area (TPSA) is 484 Å². The van der Waals surface area contributed by atoms with Crippen molar-refractivity contribution in [2.24, 2.45) is 0 Å². The van der Waals surface area contributed by atoms with E-state index in [9.17, 15) is 53.2 Å². The van der Waals surface area contributed by atoms with Gasteiger partial charge in [-0.15, -0.1) is 0 Å². The summed E-state index contributed by atoms with van der Waals surface area (Å²) in [5, 5.41) is 48.7. The van der Waals surface area contributed by atoms with Crippen LogP contribution in [0, 0.1) is 22.7 Å². The molecule has 2 saturated heterocycles. The third-order valence-corrected chi connectivity index (χ3v) is 11.9. The highest BCUT2D eigenvalue weighted by molar-refractivity contribution is 14.1. The zero-order valence-electron chi connectivity index (χ0n) is 45.4. The third kappa shape index (κ3) is 23.4. The molecule has 34 nitrogen and oxygen atoms in total. The number of phosphoric acid groups is 1. The van der Waals surface area contributed by atoms with Crippen molar-refractivity contribution < 1.29 is 67.3 Å². The Hall–Kier alpha value is -6.07. The van der Waals surface area contributed by atoms with Crippen LogP contribution in [0.15, 0.2) is 69.0 Å². The Kier molecular flexibility index (Phi) is 30.7. The Labute approximate surface area is 532 Å². The van der Waals surface area contributed by atoms with Gasteiger partial charge in [0, 0.05) is 63.6 Å². The number of phosphoric ester groups is 1. The molecule has 87 heavy (non-hydrogen) atoms. The zero-order valence-corrected chi connectivity index (χ0v) is 53.8. The molecular weight excluding hydrogens is 1490 g/mol. The van der Waals surface area contributed by atoms with E-state index in [0.717, 1.165) is 27.5 Å². The van der Waals surface area contributed by atoms with Gasteiger partial charge in [-0.25, -0.2) is 34.1 Å². The lowest BCUT2D eigenvalue weighted by Crippen LogP contribution is -2.33. The molecule has 6 atom stereocenters. The van der Waals surface area contributed by atoms with E-state index in [2.05, 4.69) is 134 Å². The van der Waals surface area contributed by atoms with Gasteiger partial charge in [0.1, 0.15) is 50.5 Å². The van der Waals surface area contributed by atoms with Crippen LogP contribution in [0.25, 0.3) is 34.5 Å². The average molecular weight is 1540 g/mol. The summed E-state index contributed by atoms with van der Waals surface area (Å²) >= 11 is 18.1. The number of hydrogen-bond acceptors (Lipinski definition) is 24. The normalized spacial score (nSPS) is 18.0. The summed E-state index contributed by atoms with van der Waals surface area (Å²) in [6.07, 6.45) is 7.00. The number of nitrogens with zero attached hydrogens (tertiary/aromatic N) is 12. The van der Waals surface area contributed by atoms with Gasteiger partial charge in [0.15, 0.2) is 22.3 Å². The first-order valence-electron chi connectivity index (χ1n) is 24.8. The molecule has 8 heterocycles. The van der Waals surface area contributed by atoms with Crippen LogP contribution in [-0.4, -0.2) is 169 Å². The number of nitriles is 2. The van der Waals surface area contributed by atoms with Gasteiger partial charge in [-0.2, -0.15) is 20.5 Å². The standard InChI is InChI=1S/C22H25N8O10P.C22H24N8O7.2CH3I.Cl3OP/c23-4-1-7-38-21-18-19(25-11-26-21)29(12-27-18)6-5-24-16(32)3-2-13-9-30(22(34)28-20(13)33)17-8-14(31)15(40-17)10-39-41(35,36)37;23-4-1-7-36-21-18-19(25-11-26-21)29(12-27-18)6-5-24-16(33)3-2-13-9-30(22(35)28-20(13)34)17-8-14(32)15(10-31)37-17;2*1-2;1-5(2,3)4/h2-3,9,11-12,14-15,17,31H,1,5-8,10H2,(H,24,32)(H,28,33,34)(H2,35,36,37);2-3,9,11-12,14-15,17,31-32H,1,5-8,10H2,(H,24,33)(H,28,34,35);2*1H3;/b2*3-2+;;;/t2*14?,15-,17-;;;/m11.../s1. The molecule has 2 fully saturated rings. The minimum atomic E-state index is -4.80.